The fourth-order valence-electron chi connectivity index (χ4n) is 0.478. The third-order valence-electron chi connectivity index (χ3n) is 0.921. The van der Waals surface area contributed by atoms with Crippen LogP contribution in [0.5, 0.6) is 0 Å². The molecule has 7 heteroatoms. The first-order valence-corrected chi connectivity index (χ1v) is 3.52. The maximum atomic E-state index is 8.25. The maximum absolute atomic E-state index is 8.25. The summed E-state index contributed by atoms with van der Waals surface area (Å²) in [5.41, 5.74) is 0. The lowest BCUT2D eigenvalue weighted by Gasteiger charge is -1.90. The highest BCUT2D eigenvalue weighted by Crippen LogP contribution is 1.64. The second-order valence-electron chi connectivity index (χ2n) is 1.91. The smallest absolute Gasteiger partial charge is 0.0887 e. The zero-order valence-corrected chi connectivity index (χ0v) is 6.97. The van der Waals surface area contributed by atoms with Crippen LogP contribution >= 0.6 is 0 Å². The first-order chi connectivity index (χ1) is 6.15. The molecule has 0 radical (unpaired) electrons. The van der Waals surface area contributed by atoms with Crippen molar-refractivity contribution >= 4 is 0 Å². The maximum Gasteiger partial charge on any atom is 0.0887 e. The Morgan fingerprint density at radius 1 is 1.15 bits per heavy atom. The van der Waals surface area contributed by atoms with Crippen LogP contribution in [0.1, 0.15) is 12.8 Å². The van der Waals surface area contributed by atoms with E-state index in [4.69, 9.17) is 25.8 Å². The number of rotatable bonds is 4. The molecule has 0 fully saturated rings. The summed E-state index contributed by atoms with van der Waals surface area (Å²) in [4.78, 5) is 8.25. The molecule has 7 nitrogen and oxygen atoms in total. The Kier molecular flexibility index (Phi) is 13.5. The highest BCUT2D eigenvalue weighted by atomic mass is 16.9. The van der Waals surface area contributed by atoms with E-state index in [0.29, 0.717) is 12.8 Å². The highest BCUT2D eigenvalue weighted by molar-refractivity contribution is 4.67. The van der Waals surface area contributed by atoms with Gasteiger partial charge in [0, 0.05) is 0 Å². The van der Waals surface area contributed by atoms with E-state index in [9.17, 15) is 0 Å². The van der Waals surface area contributed by atoms with Crippen LogP contribution in [0.2, 0.25) is 0 Å². The van der Waals surface area contributed by atoms with Gasteiger partial charge in [-0.25, -0.2) is 0 Å². The summed E-state index contributed by atoms with van der Waals surface area (Å²) in [5, 5.41) is 32.9. The number of hydrogen-bond donors (Lipinski definition) is 1. The zero-order valence-electron chi connectivity index (χ0n) is 6.97. The van der Waals surface area contributed by atoms with Crippen LogP contribution in [0, 0.1) is 38.0 Å². The first-order valence-electron chi connectivity index (χ1n) is 3.52. The Balaban J connectivity index is 0. The van der Waals surface area contributed by atoms with Crippen molar-refractivity contribution in [1.29, 1.82) is 10.5 Å². The Labute approximate surface area is 75.3 Å². The predicted molar refractivity (Wildman–Crippen MR) is 42.5 cm³/mol. The van der Waals surface area contributed by atoms with Crippen molar-refractivity contribution in [1.82, 2.24) is 0 Å². The molecule has 0 aromatic heterocycles. The molecular formula is C6H10N4O3. The molecule has 0 aliphatic rings. The third kappa shape index (κ3) is 39.2. The zero-order chi connectivity index (χ0) is 10.5. The predicted octanol–water partition coefficient (Wildman–Crippen LogP) is -0.862. The van der Waals surface area contributed by atoms with Crippen molar-refractivity contribution in [3.63, 3.8) is 0 Å². The molecule has 0 aliphatic heterocycles. The molecular weight excluding hydrogens is 176 g/mol. The molecule has 0 atom stereocenters. The molecule has 0 saturated carbocycles. The second kappa shape index (κ2) is 12.8. The van der Waals surface area contributed by atoms with Gasteiger partial charge >= 0.3 is 0 Å². The van der Waals surface area contributed by atoms with E-state index in [1.54, 1.807) is 0 Å². The van der Waals surface area contributed by atoms with E-state index in [2.05, 4.69) is 0 Å². The van der Waals surface area contributed by atoms with Gasteiger partial charge in [0.2, 0.25) is 0 Å². The minimum atomic E-state index is -1.75. The summed E-state index contributed by atoms with van der Waals surface area (Å²) in [5.74, 6) is 0. The molecule has 72 valence electrons. The van der Waals surface area contributed by atoms with Gasteiger partial charge in [-0.1, -0.05) is 0 Å². The summed E-state index contributed by atoms with van der Waals surface area (Å²) in [6.07, 6.45) is 1.15. The Morgan fingerprint density at radius 3 is 1.69 bits per heavy atom. The average Bonchev–Trinajstić information content (AvgIpc) is 2.03. The summed E-state index contributed by atoms with van der Waals surface area (Å²) < 4.78 is 0. The second-order valence-corrected chi connectivity index (χ2v) is 1.91. The first kappa shape index (κ1) is 13.7. The summed E-state index contributed by atoms with van der Waals surface area (Å²) in [7, 11) is 0. The van der Waals surface area contributed by atoms with Crippen LogP contribution in [0.25, 0.3) is 0 Å². The van der Waals surface area contributed by atoms with Gasteiger partial charge in [0.15, 0.2) is 0 Å². The lowest BCUT2D eigenvalue weighted by Crippen LogP contribution is -2.84. The third-order valence-corrected chi connectivity index (χ3v) is 0.921. The summed E-state index contributed by atoms with van der Waals surface area (Å²) in [6, 6.07) is 4.06. The van der Waals surface area contributed by atoms with Crippen LogP contribution < -0.4 is 5.32 Å². The molecule has 0 saturated heterocycles. The fraction of sp³-hybridized carbons (Fsp3) is 0.667. The van der Waals surface area contributed by atoms with Crippen molar-refractivity contribution in [2.75, 3.05) is 13.1 Å². The van der Waals surface area contributed by atoms with Crippen molar-refractivity contribution < 1.29 is 10.4 Å². The van der Waals surface area contributed by atoms with Crippen molar-refractivity contribution in [2.45, 2.75) is 12.8 Å². The van der Waals surface area contributed by atoms with E-state index < -0.39 is 5.09 Å². The number of nitriles is 2. The van der Waals surface area contributed by atoms with Gasteiger partial charge in [-0.15, -0.1) is 0 Å². The fourth-order valence-corrected chi connectivity index (χ4v) is 0.478. The monoisotopic (exact) mass is 186 g/mol. The van der Waals surface area contributed by atoms with E-state index in [-0.39, 0.29) is 0 Å². The van der Waals surface area contributed by atoms with Gasteiger partial charge < -0.3 is 20.6 Å². The van der Waals surface area contributed by atoms with Crippen molar-refractivity contribution in [3.05, 3.63) is 15.3 Å². The SMILES string of the molecule is N#CCC[NH2+]CCC#N.O=[N+]([O-])[O-]. The van der Waals surface area contributed by atoms with Crippen LogP contribution in [0.15, 0.2) is 0 Å². The van der Waals surface area contributed by atoms with Gasteiger partial charge in [0.1, 0.15) is 0 Å². The molecule has 0 aromatic rings. The average molecular weight is 186 g/mol. The van der Waals surface area contributed by atoms with E-state index >= 15 is 0 Å². The molecule has 0 unspecified atom stereocenters. The van der Waals surface area contributed by atoms with Gasteiger partial charge in [0.25, 0.3) is 0 Å². The molecule has 0 rings (SSSR count). The molecule has 13 heavy (non-hydrogen) atoms. The van der Waals surface area contributed by atoms with Crippen LogP contribution in [0.4, 0.5) is 0 Å². The van der Waals surface area contributed by atoms with Gasteiger partial charge in [-0.05, 0) is 0 Å². The Morgan fingerprint density at radius 2 is 1.46 bits per heavy atom. The molecule has 0 bridgehead atoms. The number of quaternary nitrogens is 1. The highest BCUT2D eigenvalue weighted by Gasteiger charge is 1.86. The lowest BCUT2D eigenvalue weighted by atomic mass is 10.4. The minimum Gasteiger partial charge on any atom is -0.356 e. The summed E-state index contributed by atoms with van der Waals surface area (Å²) in [6.45, 7) is 1.64. The Hall–Kier alpha value is -1.86. The molecule has 2 N–H and O–H groups in total. The molecule has 0 spiro atoms. The van der Waals surface area contributed by atoms with Gasteiger partial charge in [-0.3, -0.25) is 0 Å². The number of hydrogen-bond acceptors (Lipinski definition) is 5. The van der Waals surface area contributed by atoms with Gasteiger partial charge in [-0.2, -0.15) is 10.5 Å². The van der Waals surface area contributed by atoms with E-state index in [0.717, 1.165) is 13.1 Å². The number of nitrogens with zero attached hydrogens (tertiary/aromatic N) is 3. The quantitative estimate of drug-likeness (QED) is 0.346. The van der Waals surface area contributed by atoms with Crippen molar-refractivity contribution in [2.24, 2.45) is 0 Å². The van der Waals surface area contributed by atoms with Crippen molar-refractivity contribution in [3.8, 4) is 12.1 Å². The normalized spacial score (nSPS) is 7.23. The molecule has 0 heterocycles. The van der Waals surface area contributed by atoms with Crippen LogP contribution in [-0.2, 0) is 0 Å². The number of nitrogens with two attached hydrogens (primary N) is 1. The molecule has 0 aromatic carbocycles. The van der Waals surface area contributed by atoms with E-state index in [1.165, 1.54) is 0 Å². The van der Waals surface area contributed by atoms with Crippen LogP contribution in [0.3, 0.4) is 0 Å². The molecule has 0 aliphatic carbocycles. The topological polar surface area (TPSA) is 130 Å². The lowest BCUT2D eigenvalue weighted by molar-refractivity contribution is -0.652. The molecule has 0 amide bonds. The van der Waals surface area contributed by atoms with E-state index in [1.807, 2.05) is 17.5 Å². The standard InChI is InChI=1S/C6H9N3.NO3/c7-3-1-5-9-6-2-4-8;2-1(3)4/h9H,1-2,5-6H2;/q;-1/p+1. The Bertz CT molecular complexity index is 185. The largest absolute Gasteiger partial charge is 0.356 e. The summed E-state index contributed by atoms with van der Waals surface area (Å²) >= 11 is 0. The van der Waals surface area contributed by atoms with Gasteiger partial charge in [0.05, 0.1) is 43.2 Å². The minimum absolute atomic E-state index is 0.575. The van der Waals surface area contributed by atoms with Crippen LogP contribution in [-0.4, -0.2) is 18.2 Å².